The summed E-state index contributed by atoms with van der Waals surface area (Å²) in [6, 6.07) is 12.6. The van der Waals surface area contributed by atoms with E-state index in [2.05, 4.69) is 21.3 Å². The molecule has 27 heavy (non-hydrogen) atoms. The lowest BCUT2D eigenvalue weighted by Gasteiger charge is -2.32. The molecular formula is C20H20N4O3. The summed E-state index contributed by atoms with van der Waals surface area (Å²) in [4.78, 5) is 29.3. The molecule has 1 aliphatic heterocycles. The number of nitrogens with zero attached hydrogens (tertiary/aromatic N) is 3. The standard InChI is InChI=1S/C20H20N4O3/c21-11-14-1-3-15(4-2-14)13-24-9-7-17(8-10-24)23-19(25)18-6-5-16(12-22-18)20(26)27/h1-6,12,17H,7-10,13H2,(H,23,25)(H,26,27). The van der Waals surface area contributed by atoms with Gasteiger partial charge in [0.05, 0.1) is 17.2 Å². The maximum atomic E-state index is 12.3. The monoisotopic (exact) mass is 364 g/mol. The molecule has 0 saturated carbocycles. The molecule has 2 aromatic rings. The third-order valence-corrected chi connectivity index (χ3v) is 4.66. The largest absolute Gasteiger partial charge is 0.478 e. The van der Waals surface area contributed by atoms with E-state index in [9.17, 15) is 9.59 Å². The van der Waals surface area contributed by atoms with Gasteiger partial charge in [-0.3, -0.25) is 14.7 Å². The summed E-state index contributed by atoms with van der Waals surface area (Å²) in [7, 11) is 0. The van der Waals surface area contributed by atoms with Crippen molar-refractivity contribution in [3.63, 3.8) is 0 Å². The van der Waals surface area contributed by atoms with Crippen molar-refractivity contribution in [3.05, 3.63) is 65.0 Å². The van der Waals surface area contributed by atoms with Gasteiger partial charge in [-0.25, -0.2) is 4.79 Å². The molecule has 2 heterocycles. The first-order valence-corrected chi connectivity index (χ1v) is 8.77. The van der Waals surface area contributed by atoms with Gasteiger partial charge in [-0.2, -0.15) is 5.26 Å². The average Bonchev–Trinajstić information content (AvgIpc) is 2.70. The highest BCUT2D eigenvalue weighted by molar-refractivity contribution is 5.93. The van der Waals surface area contributed by atoms with Gasteiger partial charge >= 0.3 is 5.97 Å². The number of nitrogens with one attached hydrogen (secondary N) is 1. The quantitative estimate of drug-likeness (QED) is 0.841. The number of piperidine rings is 1. The predicted molar refractivity (Wildman–Crippen MR) is 98.1 cm³/mol. The van der Waals surface area contributed by atoms with E-state index in [1.807, 2.05) is 24.3 Å². The Morgan fingerprint density at radius 2 is 1.89 bits per heavy atom. The van der Waals surface area contributed by atoms with Crippen LogP contribution < -0.4 is 5.32 Å². The lowest BCUT2D eigenvalue weighted by molar-refractivity contribution is 0.0695. The first-order chi connectivity index (χ1) is 13.0. The summed E-state index contributed by atoms with van der Waals surface area (Å²) < 4.78 is 0. The van der Waals surface area contributed by atoms with E-state index in [0.717, 1.165) is 32.5 Å². The number of carbonyl (C=O) groups is 2. The Bertz CT molecular complexity index is 848. The van der Waals surface area contributed by atoms with Crippen molar-refractivity contribution in [2.75, 3.05) is 13.1 Å². The SMILES string of the molecule is N#Cc1ccc(CN2CCC(NC(=O)c3ccc(C(=O)O)cn3)CC2)cc1. The topological polar surface area (TPSA) is 106 Å². The van der Waals surface area contributed by atoms with E-state index >= 15 is 0 Å². The van der Waals surface area contributed by atoms with Gasteiger partial charge in [-0.05, 0) is 42.7 Å². The van der Waals surface area contributed by atoms with Crippen LogP contribution in [0.5, 0.6) is 0 Å². The van der Waals surface area contributed by atoms with Crippen LogP contribution >= 0.6 is 0 Å². The van der Waals surface area contributed by atoms with Gasteiger partial charge in [0.25, 0.3) is 5.91 Å². The molecule has 0 unspecified atom stereocenters. The maximum absolute atomic E-state index is 12.3. The van der Waals surface area contributed by atoms with Crippen LogP contribution in [0.2, 0.25) is 0 Å². The second-order valence-electron chi connectivity index (χ2n) is 6.57. The van der Waals surface area contributed by atoms with Crippen molar-refractivity contribution >= 4 is 11.9 Å². The molecule has 1 aromatic carbocycles. The number of likely N-dealkylation sites (tertiary alicyclic amines) is 1. The van der Waals surface area contributed by atoms with Gasteiger partial charge in [0, 0.05) is 31.9 Å². The van der Waals surface area contributed by atoms with E-state index in [1.54, 1.807) is 0 Å². The van der Waals surface area contributed by atoms with Crippen molar-refractivity contribution in [3.8, 4) is 6.07 Å². The summed E-state index contributed by atoms with van der Waals surface area (Å²) in [5.41, 5.74) is 2.10. The van der Waals surface area contributed by atoms with Crippen molar-refractivity contribution < 1.29 is 14.7 Å². The molecule has 1 aromatic heterocycles. The summed E-state index contributed by atoms with van der Waals surface area (Å²) in [6.45, 7) is 2.57. The molecule has 0 spiro atoms. The van der Waals surface area contributed by atoms with Crippen LogP contribution in [-0.4, -0.2) is 46.0 Å². The Labute approximate surface area is 157 Å². The van der Waals surface area contributed by atoms with Crippen LogP contribution in [0.3, 0.4) is 0 Å². The average molecular weight is 364 g/mol. The van der Waals surface area contributed by atoms with E-state index in [-0.39, 0.29) is 23.2 Å². The third kappa shape index (κ3) is 4.90. The first-order valence-electron chi connectivity index (χ1n) is 8.77. The molecule has 7 nitrogen and oxygen atoms in total. The van der Waals surface area contributed by atoms with Gasteiger partial charge in [-0.1, -0.05) is 12.1 Å². The van der Waals surface area contributed by atoms with E-state index in [1.165, 1.54) is 23.9 Å². The highest BCUT2D eigenvalue weighted by Gasteiger charge is 2.21. The molecule has 0 aliphatic carbocycles. The Morgan fingerprint density at radius 3 is 2.44 bits per heavy atom. The number of hydrogen-bond acceptors (Lipinski definition) is 5. The van der Waals surface area contributed by atoms with Crippen LogP contribution in [0, 0.1) is 11.3 Å². The summed E-state index contributed by atoms with van der Waals surface area (Å²) >= 11 is 0. The molecule has 0 bridgehead atoms. The molecule has 1 saturated heterocycles. The number of benzene rings is 1. The number of pyridine rings is 1. The van der Waals surface area contributed by atoms with Crippen LogP contribution in [0.25, 0.3) is 0 Å². The smallest absolute Gasteiger partial charge is 0.337 e. The van der Waals surface area contributed by atoms with Gasteiger partial charge in [0.1, 0.15) is 5.69 Å². The molecule has 2 N–H and O–H groups in total. The second-order valence-corrected chi connectivity index (χ2v) is 6.57. The van der Waals surface area contributed by atoms with Crippen LogP contribution in [0.4, 0.5) is 0 Å². The highest BCUT2D eigenvalue weighted by atomic mass is 16.4. The molecule has 3 rings (SSSR count). The van der Waals surface area contributed by atoms with Crippen molar-refractivity contribution in [1.29, 1.82) is 5.26 Å². The molecule has 138 valence electrons. The van der Waals surface area contributed by atoms with Crippen molar-refractivity contribution in [2.24, 2.45) is 0 Å². The predicted octanol–water partition coefficient (Wildman–Crippen LogP) is 2.05. The molecule has 1 fully saturated rings. The van der Waals surface area contributed by atoms with Gasteiger partial charge < -0.3 is 10.4 Å². The summed E-state index contributed by atoms with van der Waals surface area (Å²) in [5, 5.41) is 20.7. The fraction of sp³-hybridized carbons (Fsp3) is 0.300. The van der Waals surface area contributed by atoms with Gasteiger partial charge in [0.15, 0.2) is 0 Å². The number of carboxylic acids is 1. The number of carboxylic acid groups (broad SMARTS) is 1. The van der Waals surface area contributed by atoms with Crippen molar-refractivity contribution in [1.82, 2.24) is 15.2 Å². The van der Waals surface area contributed by atoms with E-state index in [0.29, 0.717) is 5.56 Å². The number of amides is 1. The number of nitriles is 1. The van der Waals surface area contributed by atoms with Gasteiger partial charge in [0.2, 0.25) is 0 Å². The number of rotatable bonds is 5. The van der Waals surface area contributed by atoms with Crippen LogP contribution in [0.1, 0.15) is 44.8 Å². The summed E-state index contributed by atoms with van der Waals surface area (Å²) in [6.07, 6.45) is 2.88. The maximum Gasteiger partial charge on any atom is 0.337 e. The third-order valence-electron chi connectivity index (χ3n) is 4.66. The first kappa shape index (κ1) is 18.5. The molecule has 7 heteroatoms. The van der Waals surface area contributed by atoms with Crippen LogP contribution in [-0.2, 0) is 6.54 Å². The zero-order valence-electron chi connectivity index (χ0n) is 14.8. The number of hydrogen-bond donors (Lipinski definition) is 2. The minimum absolute atomic E-state index is 0.0580. The number of aromatic nitrogens is 1. The molecule has 1 aliphatic rings. The fourth-order valence-electron chi connectivity index (χ4n) is 3.09. The Kier molecular flexibility index (Phi) is 5.79. The zero-order chi connectivity index (χ0) is 19.2. The Hall–Kier alpha value is -3.24. The normalized spacial score (nSPS) is 15.1. The Morgan fingerprint density at radius 1 is 1.19 bits per heavy atom. The number of carbonyl (C=O) groups excluding carboxylic acids is 1. The lowest BCUT2D eigenvalue weighted by Crippen LogP contribution is -2.44. The highest BCUT2D eigenvalue weighted by Crippen LogP contribution is 2.15. The molecular weight excluding hydrogens is 344 g/mol. The summed E-state index contributed by atoms with van der Waals surface area (Å²) in [5.74, 6) is -1.35. The zero-order valence-corrected chi connectivity index (χ0v) is 14.8. The minimum Gasteiger partial charge on any atom is -0.478 e. The Balaban J connectivity index is 1.48. The second kappa shape index (κ2) is 8.43. The molecule has 0 radical (unpaired) electrons. The van der Waals surface area contributed by atoms with E-state index < -0.39 is 5.97 Å². The molecule has 1 amide bonds. The fourth-order valence-corrected chi connectivity index (χ4v) is 3.09. The van der Waals surface area contributed by atoms with Crippen molar-refractivity contribution in [2.45, 2.75) is 25.4 Å². The van der Waals surface area contributed by atoms with Gasteiger partial charge in [-0.15, -0.1) is 0 Å². The van der Waals surface area contributed by atoms with E-state index in [4.69, 9.17) is 10.4 Å². The number of aromatic carboxylic acids is 1. The lowest BCUT2D eigenvalue weighted by atomic mass is 10.0. The minimum atomic E-state index is -1.07. The molecule has 0 atom stereocenters. The van der Waals surface area contributed by atoms with Crippen LogP contribution in [0.15, 0.2) is 42.6 Å².